The number of carbonyl (C=O) groups is 1. The summed E-state index contributed by atoms with van der Waals surface area (Å²) in [6.45, 7) is 4.53. The molecule has 2 aromatic rings. The molecule has 0 aromatic carbocycles. The summed E-state index contributed by atoms with van der Waals surface area (Å²) in [6.07, 6.45) is 6.31. The van der Waals surface area contributed by atoms with E-state index in [1.807, 2.05) is 30.3 Å². The van der Waals surface area contributed by atoms with Crippen LogP contribution in [0, 0.1) is 5.41 Å². The Morgan fingerprint density at radius 1 is 1.23 bits per heavy atom. The molecule has 0 saturated carbocycles. The molecule has 0 aliphatic carbocycles. The van der Waals surface area contributed by atoms with Crippen LogP contribution in [-0.4, -0.2) is 40.7 Å². The van der Waals surface area contributed by atoms with Crippen molar-refractivity contribution in [2.24, 2.45) is 5.41 Å². The van der Waals surface area contributed by atoms with Crippen molar-refractivity contribution < 1.29 is 9.90 Å². The lowest BCUT2D eigenvalue weighted by Crippen LogP contribution is -2.41. The molecule has 3 rings (SSSR count). The molecule has 26 heavy (non-hydrogen) atoms. The van der Waals surface area contributed by atoms with Crippen LogP contribution in [0.25, 0.3) is 0 Å². The molecule has 1 fully saturated rings. The Balaban J connectivity index is 1.62. The smallest absolute Gasteiger partial charge is 0.270 e. The van der Waals surface area contributed by atoms with Crippen LogP contribution in [0.3, 0.4) is 0 Å². The second kappa shape index (κ2) is 8.27. The van der Waals surface area contributed by atoms with Gasteiger partial charge >= 0.3 is 0 Å². The lowest BCUT2D eigenvalue weighted by atomic mass is 9.77. The van der Waals surface area contributed by atoms with E-state index in [9.17, 15) is 9.90 Å². The first-order valence-electron chi connectivity index (χ1n) is 9.16. The minimum absolute atomic E-state index is 0.0480. The Bertz CT molecular complexity index is 722. The zero-order valence-electron chi connectivity index (χ0n) is 15.2. The number of piperidine rings is 1. The molecule has 1 aliphatic heterocycles. The van der Waals surface area contributed by atoms with Crippen LogP contribution in [0.2, 0.25) is 0 Å². The molecule has 3 heterocycles. The summed E-state index contributed by atoms with van der Waals surface area (Å²) in [5.41, 5.74) is 2.28. The van der Waals surface area contributed by atoms with E-state index in [2.05, 4.69) is 27.1 Å². The lowest BCUT2D eigenvalue weighted by Gasteiger charge is -2.41. The van der Waals surface area contributed by atoms with E-state index in [1.54, 1.807) is 12.4 Å². The predicted octanol–water partition coefficient (Wildman–Crippen LogP) is 2.40. The van der Waals surface area contributed by atoms with Gasteiger partial charge in [0.2, 0.25) is 0 Å². The zero-order valence-corrected chi connectivity index (χ0v) is 15.2. The van der Waals surface area contributed by atoms with Crippen molar-refractivity contribution in [2.45, 2.75) is 32.7 Å². The molecule has 0 unspecified atom stereocenters. The van der Waals surface area contributed by atoms with Crippen molar-refractivity contribution in [2.75, 3.05) is 24.6 Å². The monoisotopic (exact) mass is 354 g/mol. The van der Waals surface area contributed by atoms with Gasteiger partial charge in [0.25, 0.3) is 5.91 Å². The first-order valence-corrected chi connectivity index (χ1v) is 9.16. The van der Waals surface area contributed by atoms with Crippen LogP contribution in [0.1, 0.15) is 42.4 Å². The number of carbonyl (C=O) groups excluding carboxylic acids is 1. The number of hydrogen-bond acceptors (Lipinski definition) is 5. The Labute approximate surface area is 154 Å². The number of hydrogen-bond donors (Lipinski definition) is 2. The van der Waals surface area contributed by atoms with E-state index >= 15 is 0 Å². The van der Waals surface area contributed by atoms with Gasteiger partial charge in [0.15, 0.2) is 0 Å². The van der Waals surface area contributed by atoms with E-state index < -0.39 is 0 Å². The van der Waals surface area contributed by atoms with Gasteiger partial charge < -0.3 is 15.3 Å². The van der Waals surface area contributed by atoms with E-state index in [1.165, 1.54) is 0 Å². The molecule has 2 N–H and O–H groups in total. The summed E-state index contributed by atoms with van der Waals surface area (Å²) < 4.78 is 0. The van der Waals surface area contributed by atoms with Gasteiger partial charge in [0.1, 0.15) is 5.69 Å². The largest absolute Gasteiger partial charge is 0.396 e. The fraction of sp³-hybridized carbons (Fsp3) is 0.450. The molecule has 1 amide bonds. The Morgan fingerprint density at radius 3 is 2.69 bits per heavy atom. The van der Waals surface area contributed by atoms with E-state index in [4.69, 9.17) is 0 Å². The fourth-order valence-electron chi connectivity index (χ4n) is 3.37. The molecular weight excluding hydrogens is 328 g/mol. The number of aliphatic hydroxyl groups is 1. The number of nitrogens with zero attached hydrogens (tertiary/aromatic N) is 3. The zero-order chi connectivity index (χ0) is 18.4. The molecule has 1 saturated heterocycles. The first kappa shape index (κ1) is 18.3. The van der Waals surface area contributed by atoms with Gasteiger partial charge in [0, 0.05) is 37.8 Å². The van der Waals surface area contributed by atoms with Gasteiger partial charge in [0.05, 0.1) is 12.2 Å². The van der Waals surface area contributed by atoms with Gasteiger partial charge in [-0.1, -0.05) is 13.0 Å². The normalized spacial score (nSPS) is 16.3. The summed E-state index contributed by atoms with van der Waals surface area (Å²) in [7, 11) is 0. The minimum Gasteiger partial charge on any atom is -0.396 e. The molecule has 0 spiro atoms. The standard InChI is InChI=1S/C20H26N4O2/c1-2-20(15-25)7-11-24(12-8-20)17-6-10-22-18(13-17)19(26)23-14-16-5-3-4-9-21-16/h3-6,9-10,13,25H,2,7-8,11-12,14-15H2,1H3,(H,23,26). The third-order valence-electron chi connectivity index (χ3n) is 5.41. The van der Waals surface area contributed by atoms with Crippen molar-refractivity contribution in [3.63, 3.8) is 0 Å². The number of nitrogens with one attached hydrogen (secondary N) is 1. The van der Waals surface area contributed by atoms with Crippen molar-refractivity contribution >= 4 is 11.6 Å². The second-order valence-corrected chi connectivity index (χ2v) is 6.90. The number of pyridine rings is 2. The van der Waals surface area contributed by atoms with Crippen LogP contribution in [-0.2, 0) is 6.54 Å². The predicted molar refractivity (Wildman–Crippen MR) is 101 cm³/mol. The van der Waals surface area contributed by atoms with Gasteiger partial charge in [-0.3, -0.25) is 14.8 Å². The van der Waals surface area contributed by atoms with Crippen molar-refractivity contribution in [3.05, 3.63) is 54.1 Å². The molecule has 0 atom stereocenters. The van der Waals surface area contributed by atoms with Crippen LogP contribution >= 0.6 is 0 Å². The highest BCUT2D eigenvalue weighted by atomic mass is 16.3. The maximum Gasteiger partial charge on any atom is 0.270 e. The molecule has 138 valence electrons. The van der Waals surface area contributed by atoms with Gasteiger partial charge in [-0.2, -0.15) is 0 Å². The summed E-state index contributed by atoms with van der Waals surface area (Å²) in [6, 6.07) is 9.39. The first-order chi connectivity index (χ1) is 12.7. The molecular formula is C20H26N4O2. The van der Waals surface area contributed by atoms with E-state index in [-0.39, 0.29) is 17.9 Å². The highest BCUT2D eigenvalue weighted by molar-refractivity contribution is 5.93. The van der Waals surface area contributed by atoms with Gasteiger partial charge in [-0.15, -0.1) is 0 Å². The number of rotatable bonds is 6. The molecule has 6 heteroatoms. The SMILES string of the molecule is CCC1(CO)CCN(c2ccnc(C(=O)NCc3ccccn3)c2)CC1. The Kier molecular flexibility index (Phi) is 5.83. The quantitative estimate of drug-likeness (QED) is 0.833. The van der Waals surface area contributed by atoms with Crippen molar-refractivity contribution in [1.29, 1.82) is 0 Å². The molecule has 6 nitrogen and oxygen atoms in total. The summed E-state index contributed by atoms with van der Waals surface area (Å²) in [5.74, 6) is -0.201. The van der Waals surface area contributed by atoms with Gasteiger partial charge in [-0.25, -0.2) is 0 Å². The molecule has 1 aliphatic rings. The summed E-state index contributed by atoms with van der Waals surface area (Å²) in [4.78, 5) is 23.1. The second-order valence-electron chi connectivity index (χ2n) is 6.90. The average Bonchev–Trinajstić information content (AvgIpc) is 2.73. The topological polar surface area (TPSA) is 78.3 Å². The van der Waals surface area contributed by atoms with Crippen molar-refractivity contribution in [1.82, 2.24) is 15.3 Å². The van der Waals surface area contributed by atoms with Crippen molar-refractivity contribution in [3.8, 4) is 0 Å². The molecule has 0 bridgehead atoms. The molecule has 2 aromatic heterocycles. The van der Waals surface area contributed by atoms with Crippen LogP contribution in [0.5, 0.6) is 0 Å². The highest BCUT2D eigenvalue weighted by Gasteiger charge is 2.32. The van der Waals surface area contributed by atoms with Gasteiger partial charge in [-0.05, 0) is 48.9 Å². The van der Waals surface area contributed by atoms with Crippen LogP contribution in [0.15, 0.2) is 42.7 Å². The third-order valence-corrected chi connectivity index (χ3v) is 5.41. The molecule has 0 radical (unpaired) electrons. The number of aliphatic hydroxyl groups excluding tert-OH is 1. The Hall–Kier alpha value is -2.47. The van der Waals surface area contributed by atoms with Crippen LogP contribution in [0.4, 0.5) is 5.69 Å². The lowest BCUT2D eigenvalue weighted by molar-refractivity contribution is 0.0922. The van der Waals surface area contributed by atoms with E-state index in [0.717, 1.165) is 43.7 Å². The van der Waals surface area contributed by atoms with Crippen LogP contribution < -0.4 is 10.2 Å². The number of amides is 1. The third kappa shape index (κ3) is 4.19. The fourth-order valence-corrected chi connectivity index (χ4v) is 3.37. The Morgan fingerprint density at radius 2 is 2.04 bits per heavy atom. The maximum absolute atomic E-state index is 12.4. The number of anilines is 1. The summed E-state index contributed by atoms with van der Waals surface area (Å²) >= 11 is 0. The number of aromatic nitrogens is 2. The maximum atomic E-state index is 12.4. The van der Waals surface area contributed by atoms with E-state index in [0.29, 0.717) is 12.2 Å². The minimum atomic E-state index is -0.201. The highest BCUT2D eigenvalue weighted by Crippen LogP contribution is 2.35. The summed E-state index contributed by atoms with van der Waals surface area (Å²) in [5, 5.41) is 12.5. The average molecular weight is 354 g/mol.